The molecule has 164 valence electrons. The Kier molecular flexibility index (Phi) is 7.53. The molecule has 29 heavy (non-hydrogen) atoms. The highest BCUT2D eigenvalue weighted by Gasteiger charge is 2.43. The van der Waals surface area contributed by atoms with Crippen LogP contribution >= 0.6 is 0 Å². The number of halogens is 3. The second-order valence-electron chi connectivity index (χ2n) is 8.10. The third kappa shape index (κ3) is 6.87. The predicted octanol–water partition coefficient (Wildman–Crippen LogP) is 2.25. The topological polar surface area (TPSA) is 119 Å². The number of amides is 1. The number of hydrogen-bond acceptors (Lipinski definition) is 5. The molecule has 3 atom stereocenters. The molecule has 1 aromatic carbocycles. The van der Waals surface area contributed by atoms with Crippen LogP contribution in [0, 0.1) is 11.8 Å². The number of carbonyl (C=O) groups is 1. The van der Waals surface area contributed by atoms with Crippen molar-refractivity contribution in [3.63, 3.8) is 0 Å². The average Bonchev–Trinajstić information content (AvgIpc) is 2.62. The third-order valence-corrected chi connectivity index (χ3v) is 5.73. The first-order chi connectivity index (χ1) is 13.4. The van der Waals surface area contributed by atoms with Gasteiger partial charge in [-0.15, -0.1) is 13.2 Å². The van der Waals surface area contributed by atoms with E-state index in [1.807, 2.05) is 0 Å². The minimum Gasteiger partial charge on any atom is -0.406 e. The number of aliphatic hydroxyl groups is 2. The molecule has 1 amide bonds. The molecule has 0 aromatic heterocycles. The number of benzene rings is 1. The van der Waals surface area contributed by atoms with Gasteiger partial charge in [-0.3, -0.25) is 4.79 Å². The largest absolute Gasteiger partial charge is 0.573 e. The molecule has 3 unspecified atom stereocenters. The zero-order valence-corrected chi connectivity index (χ0v) is 16.4. The van der Waals surface area contributed by atoms with Crippen molar-refractivity contribution in [1.82, 2.24) is 0 Å². The van der Waals surface area contributed by atoms with E-state index in [9.17, 15) is 28.2 Å². The molecule has 0 saturated heterocycles. The number of alkyl halides is 3. The van der Waals surface area contributed by atoms with Crippen LogP contribution in [0.15, 0.2) is 24.3 Å². The number of hydrogen-bond donors (Lipinski definition) is 4. The van der Waals surface area contributed by atoms with Crippen LogP contribution in [-0.4, -0.2) is 40.2 Å². The quantitative estimate of drug-likeness (QED) is 0.516. The van der Waals surface area contributed by atoms with Crippen LogP contribution in [0.2, 0.25) is 0 Å². The van der Waals surface area contributed by atoms with Crippen LogP contribution in [0.25, 0.3) is 0 Å². The van der Waals surface area contributed by atoms with Crippen molar-refractivity contribution in [2.45, 2.75) is 69.6 Å². The molecule has 0 heterocycles. The maximum absolute atomic E-state index is 12.2. The van der Waals surface area contributed by atoms with E-state index >= 15 is 0 Å². The number of aliphatic hydroxyl groups excluding tert-OH is 1. The molecular weight excluding hydrogens is 389 g/mol. The van der Waals surface area contributed by atoms with Gasteiger partial charge in [0.2, 0.25) is 5.91 Å². The monoisotopic (exact) mass is 418 g/mol. The van der Waals surface area contributed by atoms with E-state index in [-0.39, 0.29) is 18.6 Å². The molecular formula is C20H29F3N2O4. The third-order valence-electron chi connectivity index (χ3n) is 5.73. The van der Waals surface area contributed by atoms with Gasteiger partial charge in [0.1, 0.15) is 5.75 Å². The van der Waals surface area contributed by atoms with Crippen molar-refractivity contribution in [2.75, 3.05) is 0 Å². The highest BCUT2D eigenvalue weighted by atomic mass is 19.4. The lowest BCUT2D eigenvalue weighted by molar-refractivity contribution is -0.274. The van der Waals surface area contributed by atoms with E-state index in [0.717, 1.165) is 12.8 Å². The maximum Gasteiger partial charge on any atom is 0.573 e. The molecule has 6 N–H and O–H groups in total. The highest BCUT2D eigenvalue weighted by molar-refractivity contribution is 5.78. The van der Waals surface area contributed by atoms with Gasteiger partial charge in [-0.1, -0.05) is 19.1 Å². The van der Waals surface area contributed by atoms with Gasteiger partial charge >= 0.3 is 6.36 Å². The van der Waals surface area contributed by atoms with E-state index in [2.05, 4.69) is 11.7 Å². The summed E-state index contributed by atoms with van der Waals surface area (Å²) in [6.45, 7) is 2.08. The fourth-order valence-corrected chi connectivity index (χ4v) is 3.86. The Bertz CT molecular complexity index is 673. The van der Waals surface area contributed by atoms with Crippen molar-refractivity contribution < 1.29 is 32.9 Å². The Balaban J connectivity index is 1.97. The van der Waals surface area contributed by atoms with Gasteiger partial charge in [0.25, 0.3) is 0 Å². The molecule has 0 aliphatic heterocycles. The van der Waals surface area contributed by atoms with Crippen LogP contribution in [0.1, 0.15) is 44.6 Å². The fraction of sp³-hybridized carbons (Fsp3) is 0.650. The summed E-state index contributed by atoms with van der Waals surface area (Å²) in [6.07, 6.45) is -3.36. The number of primary amides is 1. The van der Waals surface area contributed by atoms with Crippen LogP contribution in [0.5, 0.6) is 5.75 Å². The summed E-state index contributed by atoms with van der Waals surface area (Å²) in [5.74, 6) is -1.49. The van der Waals surface area contributed by atoms with Gasteiger partial charge in [0, 0.05) is 6.04 Å². The SMILES string of the molecule is CC1CCC(O)(C(CC(O)C(N)Cc2ccc(OC(F)(F)F)cc2)C(N)=O)CC1. The van der Waals surface area contributed by atoms with Crippen molar-refractivity contribution in [2.24, 2.45) is 23.3 Å². The first-order valence-electron chi connectivity index (χ1n) is 9.69. The fourth-order valence-electron chi connectivity index (χ4n) is 3.86. The summed E-state index contributed by atoms with van der Waals surface area (Å²) in [5.41, 5.74) is 10.9. The number of rotatable bonds is 8. The molecule has 0 spiro atoms. The van der Waals surface area contributed by atoms with Gasteiger partial charge < -0.3 is 26.4 Å². The smallest absolute Gasteiger partial charge is 0.406 e. The minimum absolute atomic E-state index is 0.0728. The number of nitrogens with two attached hydrogens (primary N) is 2. The zero-order chi connectivity index (χ0) is 21.8. The van der Waals surface area contributed by atoms with Crippen molar-refractivity contribution in [1.29, 1.82) is 0 Å². The van der Waals surface area contributed by atoms with Crippen LogP contribution in [-0.2, 0) is 11.2 Å². The molecule has 0 bridgehead atoms. The van der Waals surface area contributed by atoms with Crippen molar-refractivity contribution >= 4 is 5.91 Å². The Hall–Kier alpha value is -1.84. The molecule has 2 rings (SSSR count). The van der Waals surface area contributed by atoms with Crippen LogP contribution in [0.3, 0.4) is 0 Å². The average molecular weight is 418 g/mol. The van der Waals surface area contributed by atoms with E-state index in [4.69, 9.17) is 11.5 Å². The maximum atomic E-state index is 12.2. The summed E-state index contributed by atoms with van der Waals surface area (Å²) in [7, 11) is 0. The van der Waals surface area contributed by atoms with E-state index in [1.165, 1.54) is 24.3 Å². The normalized spacial score (nSPS) is 25.8. The summed E-state index contributed by atoms with van der Waals surface area (Å²) < 4.78 is 40.5. The number of ether oxygens (including phenoxy) is 1. The van der Waals surface area contributed by atoms with Gasteiger partial charge in [-0.25, -0.2) is 0 Å². The molecule has 1 aliphatic rings. The van der Waals surface area contributed by atoms with Crippen molar-refractivity contribution in [3.05, 3.63) is 29.8 Å². The molecule has 6 nitrogen and oxygen atoms in total. The molecule has 1 saturated carbocycles. The van der Waals surface area contributed by atoms with E-state index in [1.54, 1.807) is 0 Å². The lowest BCUT2D eigenvalue weighted by atomic mass is 9.70. The highest BCUT2D eigenvalue weighted by Crippen LogP contribution is 2.39. The minimum atomic E-state index is -4.77. The lowest BCUT2D eigenvalue weighted by Crippen LogP contribution is -2.50. The Morgan fingerprint density at radius 3 is 2.31 bits per heavy atom. The van der Waals surface area contributed by atoms with Gasteiger partial charge in [0.15, 0.2) is 0 Å². The van der Waals surface area contributed by atoms with Crippen LogP contribution < -0.4 is 16.2 Å². The number of carbonyl (C=O) groups excluding carboxylic acids is 1. The first-order valence-corrected chi connectivity index (χ1v) is 9.69. The standard InChI is InChI=1S/C20H29F3N2O4/c1-12-6-8-19(28,9-7-12)15(18(25)27)11-17(26)16(24)10-13-2-4-14(5-3-13)29-20(21,22)23/h2-5,12,15-17,26,28H,6-11,24H2,1H3,(H2,25,27). The van der Waals surface area contributed by atoms with Gasteiger partial charge in [0.05, 0.1) is 17.6 Å². The van der Waals surface area contributed by atoms with E-state index < -0.39 is 35.9 Å². The van der Waals surface area contributed by atoms with E-state index in [0.29, 0.717) is 24.3 Å². The molecule has 9 heteroatoms. The Labute approximate surface area is 168 Å². The molecule has 0 radical (unpaired) electrons. The van der Waals surface area contributed by atoms with Crippen molar-refractivity contribution in [3.8, 4) is 5.75 Å². The molecule has 1 fully saturated rings. The predicted molar refractivity (Wildman–Crippen MR) is 101 cm³/mol. The van der Waals surface area contributed by atoms with Crippen LogP contribution in [0.4, 0.5) is 13.2 Å². The first kappa shape index (κ1) is 23.4. The second-order valence-corrected chi connectivity index (χ2v) is 8.10. The molecule has 1 aromatic rings. The van der Waals surface area contributed by atoms with Gasteiger partial charge in [-0.2, -0.15) is 0 Å². The Morgan fingerprint density at radius 1 is 1.28 bits per heavy atom. The zero-order valence-electron chi connectivity index (χ0n) is 16.4. The molecule has 1 aliphatic carbocycles. The summed E-state index contributed by atoms with van der Waals surface area (Å²) in [4.78, 5) is 12.0. The summed E-state index contributed by atoms with van der Waals surface area (Å²) in [6, 6.07) is 4.40. The second kappa shape index (κ2) is 9.32. The van der Waals surface area contributed by atoms with Gasteiger partial charge in [-0.05, 0) is 62.1 Å². The Morgan fingerprint density at radius 2 is 1.83 bits per heavy atom. The summed E-state index contributed by atoms with van der Waals surface area (Å²) >= 11 is 0. The summed E-state index contributed by atoms with van der Waals surface area (Å²) in [5, 5.41) is 21.4. The lowest BCUT2D eigenvalue weighted by Gasteiger charge is -2.40.